The zero-order valence-corrected chi connectivity index (χ0v) is 13.2. The van der Waals surface area contributed by atoms with E-state index < -0.39 is 4.92 Å². The lowest BCUT2D eigenvalue weighted by Gasteiger charge is -2.09. The van der Waals surface area contributed by atoms with Crippen LogP contribution in [0.3, 0.4) is 0 Å². The molecule has 20 heavy (non-hydrogen) atoms. The first kappa shape index (κ1) is 15.1. The van der Waals surface area contributed by atoms with E-state index in [2.05, 4.69) is 21.2 Å². The van der Waals surface area contributed by atoms with Crippen molar-refractivity contribution in [2.24, 2.45) is 0 Å². The molecule has 0 aliphatic heterocycles. The van der Waals surface area contributed by atoms with Crippen LogP contribution in [0.15, 0.2) is 40.9 Å². The molecular weight excluding hydrogens is 367 g/mol. The molecule has 0 aliphatic carbocycles. The number of anilines is 1. The van der Waals surface area contributed by atoms with Crippen molar-refractivity contribution in [3.63, 3.8) is 0 Å². The largest absolute Gasteiger partial charge is 0.381 e. The minimum Gasteiger partial charge on any atom is -0.381 e. The van der Waals surface area contributed by atoms with Crippen molar-refractivity contribution in [2.75, 3.05) is 5.32 Å². The molecule has 0 bridgehead atoms. The van der Waals surface area contributed by atoms with Crippen LogP contribution < -0.4 is 5.32 Å². The van der Waals surface area contributed by atoms with Gasteiger partial charge < -0.3 is 5.32 Å². The van der Waals surface area contributed by atoms with Gasteiger partial charge in [-0.15, -0.1) is 0 Å². The quantitative estimate of drug-likeness (QED) is 0.584. The maximum atomic E-state index is 10.6. The van der Waals surface area contributed by atoms with Crippen LogP contribution in [0.25, 0.3) is 0 Å². The van der Waals surface area contributed by atoms with Crippen molar-refractivity contribution in [1.29, 1.82) is 0 Å². The minimum atomic E-state index is -0.475. The molecule has 0 aromatic heterocycles. The van der Waals surface area contributed by atoms with Gasteiger partial charge in [0, 0.05) is 28.8 Å². The van der Waals surface area contributed by atoms with Gasteiger partial charge in [0.25, 0.3) is 5.69 Å². The molecular formula is C13H9BrCl2N2O2. The zero-order chi connectivity index (χ0) is 14.7. The molecule has 0 spiro atoms. The highest BCUT2D eigenvalue weighted by Crippen LogP contribution is 2.27. The van der Waals surface area contributed by atoms with Gasteiger partial charge in [-0.3, -0.25) is 10.1 Å². The monoisotopic (exact) mass is 374 g/mol. The molecule has 0 fully saturated rings. The highest BCUT2D eigenvalue weighted by atomic mass is 79.9. The van der Waals surface area contributed by atoms with E-state index in [1.807, 2.05) is 12.1 Å². The lowest BCUT2D eigenvalue weighted by atomic mass is 10.2. The van der Waals surface area contributed by atoms with Gasteiger partial charge in [-0.1, -0.05) is 23.2 Å². The Kier molecular flexibility index (Phi) is 4.86. The molecule has 0 atom stereocenters. The average Bonchev–Trinajstić information content (AvgIpc) is 2.41. The molecule has 0 amide bonds. The smallest absolute Gasteiger partial charge is 0.270 e. The van der Waals surface area contributed by atoms with E-state index in [1.165, 1.54) is 12.1 Å². The zero-order valence-electron chi connectivity index (χ0n) is 10.1. The summed E-state index contributed by atoms with van der Waals surface area (Å²) in [6, 6.07) is 9.89. The Balaban J connectivity index is 2.10. The topological polar surface area (TPSA) is 55.2 Å². The fourth-order valence-corrected chi connectivity index (χ4v) is 2.27. The van der Waals surface area contributed by atoms with Crippen molar-refractivity contribution < 1.29 is 4.92 Å². The van der Waals surface area contributed by atoms with Gasteiger partial charge in [0.05, 0.1) is 15.0 Å². The highest BCUT2D eigenvalue weighted by molar-refractivity contribution is 9.10. The Bertz CT molecular complexity index is 665. The molecule has 7 heteroatoms. The highest BCUT2D eigenvalue weighted by Gasteiger charge is 2.09. The number of nitro benzene ring substituents is 1. The van der Waals surface area contributed by atoms with Gasteiger partial charge in [-0.05, 0) is 45.8 Å². The van der Waals surface area contributed by atoms with Crippen molar-refractivity contribution in [1.82, 2.24) is 0 Å². The second-order valence-corrected chi connectivity index (χ2v) is 5.68. The normalized spacial score (nSPS) is 10.3. The van der Waals surface area contributed by atoms with Crippen LogP contribution in [0, 0.1) is 10.1 Å². The summed E-state index contributed by atoms with van der Waals surface area (Å²) in [7, 11) is 0. The van der Waals surface area contributed by atoms with Gasteiger partial charge in [-0.2, -0.15) is 0 Å². The lowest BCUT2D eigenvalue weighted by molar-refractivity contribution is -0.384. The standard InChI is InChI=1S/C13H9BrCl2N2O2/c14-11-4-2-9(5-13(11)16)17-7-8-1-3-10(18(19)20)6-12(8)15/h1-6,17H,7H2. The number of benzene rings is 2. The number of nitrogens with one attached hydrogen (secondary N) is 1. The van der Waals surface area contributed by atoms with E-state index in [4.69, 9.17) is 23.2 Å². The van der Waals surface area contributed by atoms with Crippen molar-refractivity contribution >= 4 is 50.5 Å². The molecule has 0 heterocycles. The van der Waals surface area contributed by atoms with Crippen LogP contribution in [0.2, 0.25) is 10.0 Å². The predicted octanol–water partition coefficient (Wildman–Crippen LogP) is 5.28. The molecule has 2 rings (SSSR count). The molecule has 0 radical (unpaired) electrons. The summed E-state index contributed by atoms with van der Waals surface area (Å²) >= 11 is 15.3. The van der Waals surface area contributed by atoms with Crippen LogP contribution in [-0.2, 0) is 6.54 Å². The van der Waals surface area contributed by atoms with E-state index in [9.17, 15) is 10.1 Å². The second kappa shape index (κ2) is 6.43. The maximum Gasteiger partial charge on any atom is 0.270 e. The molecule has 0 saturated heterocycles. The molecule has 0 unspecified atom stereocenters. The first-order valence-electron chi connectivity index (χ1n) is 5.59. The first-order chi connectivity index (χ1) is 9.47. The maximum absolute atomic E-state index is 10.6. The van der Waals surface area contributed by atoms with Gasteiger partial charge >= 0.3 is 0 Å². The summed E-state index contributed by atoms with van der Waals surface area (Å²) in [6.45, 7) is 0.453. The Labute approximate surface area is 134 Å². The number of hydrogen-bond acceptors (Lipinski definition) is 3. The van der Waals surface area contributed by atoms with Gasteiger partial charge in [0.15, 0.2) is 0 Å². The Morgan fingerprint density at radius 2 is 1.90 bits per heavy atom. The third-order valence-electron chi connectivity index (χ3n) is 2.65. The number of hydrogen-bond donors (Lipinski definition) is 1. The van der Waals surface area contributed by atoms with Crippen LogP contribution in [0.4, 0.5) is 11.4 Å². The molecule has 1 N–H and O–H groups in total. The summed E-state index contributed by atoms with van der Waals surface area (Å²) in [6.07, 6.45) is 0. The Morgan fingerprint density at radius 1 is 1.15 bits per heavy atom. The van der Waals surface area contributed by atoms with E-state index in [0.717, 1.165) is 15.7 Å². The summed E-state index contributed by atoms with van der Waals surface area (Å²) in [5, 5.41) is 14.7. The summed E-state index contributed by atoms with van der Waals surface area (Å²) < 4.78 is 0.818. The fraction of sp³-hybridized carbons (Fsp3) is 0.0769. The van der Waals surface area contributed by atoms with E-state index >= 15 is 0 Å². The van der Waals surface area contributed by atoms with E-state index in [1.54, 1.807) is 12.1 Å². The number of nitrogens with zero attached hydrogens (tertiary/aromatic N) is 1. The van der Waals surface area contributed by atoms with Crippen molar-refractivity contribution in [3.05, 3.63) is 66.6 Å². The molecule has 4 nitrogen and oxygen atoms in total. The number of halogens is 3. The fourth-order valence-electron chi connectivity index (χ4n) is 1.60. The molecule has 0 saturated carbocycles. The second-order valence-electron chi connectivity index (χ2n) is 4.02. The summed E-state index contributed by atoms with van der Waals surface area (Å²) in [4.78, 5) is 10.2. The lowest BCUT2D eigenvalue weighted by Crippen LogP contribution is -2.00. The summed E-state index contributed by atoms with van der Waals surface area (Å²) in [5.41, 5.74) is 1.59. The van der Waals surface area contributed by atoms with Crippen LogP contribution in [0.5, 0.6) is 0 Å². The third-order valence-corrected chi connectivity index (χ3v) is 4.23. The molecule has 2 aromatic rings. The Hall–Kier alpha value is -1.30. The molecule has 0 aliphatic rings. The Morgan fingerprint density at radius 3 is 2.50 bits per heavy atom. The van der Waals surface area contributed by atoms with E-state index in [0.29, 0.717) is 16.6 Å². The van der Waals surface area contributed by atoms with Gasteiger partial charge in [0.2, 0.25) is 0 Å². The van der Waals surface area contributed by atoms with Gasteiger partial charge in [0.1, 0.15) is 0 Å². The SMILES string of the molecule is O=[N+]([O-])c1ccc(CNc2ccc(Br)c(Cl)c2)c(Cl)c1. The number of nitro groups is 1. The number of rotatable bonds is 4. The minimum absolute atomic E-state index is 0.0227. The number of non-ortho nitro benzene ring substituents is 1. The summed E-state index contributed by atoms with van der Waals surface area (Å²) in [5.74, 6) is 0. The predicted molar refractivity (Wildman–Crippen MR) is 84.6 cm³/mol. The van der Waals surface area contributed by atoms with Gasteiger partial charge in [-0.25, -0.2) is 0 Å². The third kappa shape index (κ3) is 3.62. The molecule has 104 valence electrons. The average molecular weight is 376 g/mol. The van der Waals surface area contributed by atoms with Crippen molar-refractivity contribution in [3.8, 4) is 0 Å². The van der Waals surface area contributed by atoms with Crippen LogP contribution in [-0.4, -0.2) is 4.92 Å². The van der Waals surface area contributed by atoms with Crippen LogP contribution >= 0.6 is 39.1 Å². The molecule has 2 aromatic carbocycles. The van der Waals surface area contributed by atoms with E-state index in [-0.39, 0.29) is 5.69 Å². The first-order valence-corrected chi connectivity index (χ1v) is 7.14. The van der Waals surface area contributed by atoms with Crippen LogP contribution in [0.1, 0.15) is 5.56 Å². The van der Waals surface area contributed by atoms with Crippen molar-refractivity contribution in [2.45, 2.75) is 6.54 Å².